The quantitative estimate of drug-likeness (QED) is 0.301. The van der Waals surface area contributed by atoms with Crippen molar-refractivity contribution in [3.63, 3.8) is 0 Å². The van der Waals surface area contributed by atoms with E-state index in [4.69, 9.17) is 5.73 Å². The maximum absolute atomic E-state index is 13.2. The molecule has 0 aliphatic carbocycles. The highest BCUT2D eigenvalue weighted by molar-refractivity contribution is 5.94. The van der Waals surface area contributed by atoms with Crippen molar-refractivity contribution < 1.29 is 29.4 Å². The second-order valence-electron chi connectivity index (χ2n) is 8.92. The van der Waals surface area contributed by atoms with Crippen LogP contribution in [0, 0.1) is 5.92 Å². The number of nitrogens with zero attached hydrogens (tertiary/aromatic N) is 1. The number of aliphatic hydroxyl groups is 1. The molecule has 10 heteroatoms. The number of rotatable bonds is 11. The van der Waals surface area contributed by atoms with Crippen LogP contribution < -0.4 is 16.4 Å². The third kappa shape index (κ3) is 7.01. The molecule has 1 heterocycles. The molecule has 0 aromatic heterocycles. The van der Waals surface area contributed by atoms with Crippen molar-refractivity contribution in [2.24, 2.45) is 11.7 Å². The summed E-state index contributed by atoms with van der Waals surface area (Å²) in [6, 6.07) is 4.76. The number of carboxylic acids is 1. The van der Waals surface area contributed by atoms with Gasteiger partial charge in [-0.25, -0.2) is 4.79 Å². The third-order valence-corrected chi connectivity index (χ3v) is 6.34. The highest BCUT2D eigenvalue weighted by atomic mass is 16.4. The molecule has 6 unspecified atom stereocenters. The van der Waals surface area contributed by atoms with Crippen LogP contribution in [0.5, 0.6) is 0 Å². The molecule has 1 aromatic carbocycles. The van der Waals surface area contributed by atoms with Crippen LogP contribution in [0.2, 0.25) is 0 Å². The van der Waals surface area contributed by atoms with Crippen LogP contribution in [0.25, 0.3) is 0 Å². The maximum Gasteiger partial charge on any atom is 0.326 e. The van der Waals surface area contributed by atoms with Gasteiger partial charge in [0.15, 0.2) is 0 Å². The lowest BCUT2D eigenvalue weighted by molar-refractivity contribution is -0.146. The van der Waals surface area contributed by atoms with E-state index in [0.29, 0.717) is 19.3 Å². The molecule has 1 saturated heterocycles. The van der Waals surface area contributed by atoms with Gasteiger partial charge in [-0.2, -0.15) is 0 Å². The van der Waals surface area contributed by atoms with E-state index in [2.05, 4.69) is 10.6 Å². The van der Waals surface area contributed by atoms with Gasteiger partial charge in [-0.05, 0) is 31.2 Å². The number of hydrogen-bond donors (Lipinski definition) is 5. The molecule has 1 fully saturated rings. The zero-order valence-corrected chi connectivity index (χ0v) is 19.9. The molecule has 1 aliphatic rings. The Hall–Kier alpha value is -2.98. The highest BCUT2D eigenvalue weighted by Gasteiger charge is 2.40. The second kappa shape index (κ2) is 12.5. The summed E-state index contributed by atoms with van der Waals surface area (Å²) in [6.45, 7) is 5.34. The van der Waals surface area contributed by atoms with Gasteiger partial charge in [0.2, 0.25) is 17.7 Å². The Morgan fingerprint density at radius 2 is 1.79 bits per heavy atom. The van der Waals surface area contributed by atoms with E-state index in [1.54, 1.807) is 24.3 Å². The van der Waals surface area contributed by atoms with Gasteiger partial charge in [-0.1, -0.05) is 50.6 Å². The zero-order chi connectivity index (χ0) is 25.4. The van der Waals surface area contributed by atoms with Crippen LogP contribution in [-0.2, 0) is 25.6 Å². The minimum absolute atomic E-state index is 0.0996. The van der Waals surface area contributed by atoms with Gasteiger partial charge in [-0.15, -0.1) is 0 Å². The first kappa shape index (κ1) is 27.3. The van der Waals surface area contributed by atoms with Crippen molar-refractivity contribution >= 4 is 23.7 Å². The minimum Gasteiger partial charge on any atom is -0.480 e. The van der Waals surface area contributed by atoms with Crippen LogP contribution in [0.1, 0.15) is 45.6 Å². The van der Waals surface area contributed by atoms with Gasteiger partial charge < -0.3 is 31.5 Å². The fraction of sp³-hybridized carbons (Fsp3) is 0.583. The summed E-state index contributed by atoms with van der Waals surface area (Å²) in [4.78, 5) is 51.8. The SMILES string of the molecule is CCC(C)C(N)C(=O)NC(C(=O)N1CCCC1C(=O)NC(Cc1ccccc1)C(=O)O)C(C)O. The molecular weight excluding hydrogens is 440 g/mol. The van der Waals surface area contributed by atoms with E-state index < -0.39 is 54.0 Å². The number of amides is 3. The summed E-state index contributed by atoms with van der Waals surface area (Å²) in [6.07, 6.45) is 0.441. The molecule has 10 nitrogen and oxygen atoms in total. The number of nitrogens with one attached hydrogen (secondary N) is 2. The number of carbonyl (C=O) groups is 4. The fourth-order valence-corrected chi connectivity index (χ4v) is 3.95. The molecule has 0 saturated carbocycles. The molecule has 34 heavy (non-hydrogen) atoms. The molecule has 3 amide bonds. The Balaban J connectivity index is 2.11. The topological polar surface area (TPSA) is 162 Å². The van der Waals surface area contributed by atoms with Gasteiger partial charge in [-0.3, -0.25) is 14.4 Å². The Morgan fingerprint density at radius 1 is 1.15 bits per heavy atom. The van der Waals surface area contributed by atoms with Gasteiger partial charge in [0, 0.05) is 13.0 Å². The van der Waals surface area contributed by atoms with Crippen LogP contribution in [0.3, 0.4) is 0 Å². The van der Waals surface area contributed by atoms with E-state index in [1.807, 2.05) is 19.9 Å². The summed E-state index contributed by atoms with van der Waals surface area (Å²) >= 11 is 0. The summed E-state index contributed by atoms with van der Waals surface area (Å²) in [5.74, 6) is -3.04. The third-order valence-electron chi connectivity index (χ3n) is 6.34. The van der Waals surface area contributed by atoms with E-state index in [-0.39, 0.29) is 18.9 Å². The number of hydrogen-bond acceptors (Lipinski definition) is 6. The zero-order valence-electron chi connectivity index (χ0n) is 19.9. The Labute approximate surface area is 199 Å². The van der Waals surface area contributed by atoms with Crippen molar-refractivity contribution in [2.45, 2.75) is 76.7 Å². The number of benzene rings is 1. The first-order chi connectivity index (χ1) is 16.1. The molecule has 6 N–H and O–H groups in total. The smallest absolute Gasteiger partial charge is 0.326 e. The monoisotopic (exact) mass is 476 g/mol. The summed E-state index contributed by atoms with van der Waals surface area (Å²) in [5, 5.41) is 24.9. The number of carbonyl (C=O) groups excluding carboxylic acids is 3. The number of aliphatic carboxylic acids is 1. The second-order valence-corrected chi connectivity index (χ2v) is 8.92. The molecule has 0 bridgehead atoms. The maximum atomic E-state index is 13.2. The van der Waals surface area contributed by atoms with E-state index in [0.717, 1.165) is 5.56 Å². The van der Waals surface area contributed by atoms with E-state index in [1.165, 1.54) is 11.8 Å². The molecule has 2 rings (SSSR count). The van der Waals surface area contributed by atoms with Crippen molar-refractivity contribution in [3.8, 4) is 0 Å². The van der Waals surface area contributed by atoms with Crippen molar-refractivity contribution in [1.82, 2.24) is 15.5 Å². The first-order valence-electron chi connectivity index (χ1n) is 11.7. The molecule has 0 spiro atoms. The van der Waals surface area contributed by atoms with Gasteiger partial charge in [0.25, 0.3) is 0 Å². The molecule has 1 aliphatic heterocycles. The lowest BCUT2D eigenvalue weighted by Crippen LogP contribution is -2.60. The van der Waals surface area contributed by atoms with Crippen molar-refractivity contribution in [3.05, 3.63) is 35.9 Å². The lowest BCUT2D eigenvalue weighted by atomic mass is 9.98. The Morgan fingerprint density at radius 3 is 2.35 bits per heavy atom. The van der Waals surface area contributed by atoms with Crippen LogP contribution in [0.15, 0.2) is 30.3 Å². The predicted octanol–water partition coefficient (Wildman–Crippen LogP) is 0.0285. The summed E-state index contributed by atoms with van der Waals surface area (Å²) in [5.41, 5.74) is 6.71. The van der Waals surface area contributed by atoms with Crippen LogP contribution in [0.4, 0.5) is 0 Å². The number of aliphatic hydroxyl groups excluding tert-OH is 1. The number of likely N-dealkylation sites (tertiary alicyclic amines) is 1. The summed E-state index contributed by atoms with van der Waals surface area (Å²) < 4.78 is 0. The average Bonchev–Trinajstić information content (AvgIpc) is 3.31. The normalized spacial score (nSPS) is 20.0. The molecule has 188 valence electrons. The highest BCUT2D eigenvalue weighted by Crippen LogP contribution is 2.20. The minimum atomic E-state index is -1.27. The Kier molecular flexibility index (Phi) is 10.0. The van der Waals surface area contributed by atoms with Gasteiger partial charge in [0.1, 0.15) is 18.1 Å². The van der Waals surface area contributed by atoms with Crippen molar-refractivity contribution in [1.29, 1.82) is 0 Å². The van der Waals surface area contributed by atoms with E-state index in [9.17, 15) is 29.4 Å². The fourth-order valence-electron chi connectivity index (χ4n) is 3.95. The Bertz CT molecular complexity index is 862. The van der Waals surface area contributed by atoms with Gasteiger partial charge in [0.05, 0.1) is 12.1 Å². The molecular formula is C24H36N4O6. The average molecular weight is 477 g/mol. The van der Waals surface area contributed by atoms with Crippen LogP contribution >= 0.6 is 0 Å². The number of nitrogens with two attached hydrogens (primary N) is 1. The van der Waals surface area contributed by atoms with E-state index >= 15 is 0 Å². The molecule has 6 atom stereocenters. The molecule has 0 radical (unpaired) electrons. The van der Waals surface area contributed by atoms with Crippen molar-refractivity contribution in [2.75, 3.05) is 6.54 Å². The predicted molar refractivity (Wildman–Crippen MR) is 125 cm³/mol. The first-order valence-corrected chi connectivity index (χ1v) is 11.7. The molecule has 1 aromatic rings. The lowest BCUT2D eigenvalue weighted by Gasteiger charge is -2.31. The largest absolute Gasteiger partial charge is 0.480 e. The van der Waals surface area contributed by atoms with Crippen LogP contribution in [-0.4, -0.2) is 75.6 Å². The summed E-state index contributed by atoms with van der Waals surface area (Å²) in [7, 11) is 0. The standard InChI is InChI=1S/C24H36N4O6/c1-4-14(2)19(25)22(31)27-20(15(3)29)23(32)28-12-8-11-18(28)21(30)26-17(24(33)34)13-16-9-6-5-7-10-16/h5-7,9-10,14-15,17-20,29H,4,8,11-13,25H2,1-3H3,(H,26,30)(H,27,31)(H,33,34). The van der Waals surface area contributed by atoms with Gasteiger partial charge >= 0.3 is 5.97 Å². The number of carboxylic acid groups (broad SMARTS) is 1.